The van der Waals surface area contributed by atoms with Crippen LogP contribution in [0.4, 0.5) is 0 Å². The Bertz CT molecular complexity index is 1100. The van der Waals surface area contributed by atoms with E-state index in [0.717, 1.165) is 11.3 Å². The van der Waals surface area contributed by atoms with Crippen molar-refractivity contribution in [3.63, 3.8) is 0 Å². The molecule has 2 aromatic carbocycles. The second-order valence-electron chi connectivity index (χ2n) is 6.41. The molecule has 0 saturated carbocycles. The molecule has 0 bridgehead atoms. The van der Waals surface area contributed by atoms with E-state index in [-0.39, 0.29) is 17.8 Å². The molecule has 3 aromatic rings. The van der Waals surface area contributed by atoms with Crippen LogP contribution in [-0.4, -0.2) is 24.4 Å². The van der Waals surface area contributed by atoms with E-state index in [0.29, 0.717) is 35.5 Å². The summed E-state index contributed by atoms with van der Waals surface area (Å²) < 4.78 is 17.8. The van der Waals surface area contributed by atoms with Crippen LogP contribution in [0.15, 0.2) is 47.4 Å². The van der Waals surface area contributed by atoms with E-state index in [9.17, 15) is 9.59 Å². The fourth-order valence-electron chi connectivity index (χ4n) is 3.22. The van der Waals surface area contributed by atoms with Gasteiger partial charge in [-0.3, -0.25) is 9.59 Å². The summed E-state index contributed by atoms with van der Waals surface area (Å²) in [5.74, 6) is 1.45. The lowest BCUT2D eigenvalue weighted by Crippen LogP contribution is -2.29. The highest BCUT2D eigenvalue weighted by atomic mass is 16.7. The number of benzene rings is 2. The molecule has 1 aromatic heterocycles. The minimum absolute atomic E-state index is 0.0988. The van der Waals surface area contributed by atoms with Gasteiger partial charge in [-0.15, -0.1) is 0 Å². The second-order valence-corrected chi connectivity index (χ2v) is 6.41. The molecule has 7 nitrogen and oxygen atoms in total. The lowest BCUT2D eigenvalue weighted by atomic mass is 10.1. The minimum atomic E-state index is -0.414. The zero-order chi connectivity index (χ0) is 19.7. The SMILES string of the molecule is CCn1cc(C(=O)NCc2ccc(OC)cc2)c(=O)c2cc3c(cc21)OCO3. The fourth-order valence-corrected chi connectivity index (χ4v) is 3.22. The number of nitrogens with one attached hydrogen (secondary N) is 1. The van der Waals surface area contributed by atoms with Crippen molar-refractivity contribution < 1.29 is 19.0 Å². The average molecular weight is 380 g/mol. The maximum atomic E-state index is 12.9. The van der Waals surface area contributed by atoms with Crippen LogP contribution in [0.25, 0.3) is 10.9 Å². The van der Waals surface area contributed by atoms with Gasteiger partial charge >= 0.3 is 0 Å². The van der Waals surface area contributed by atoms with Crippen molar-refractivity contribution in [3.8, 4) is 17.2 Å². The van der Waals surface area contributed by atoms with E-state index >= 15 is 0 Å². The first-order chi connectivity index (χ1) is 13.6. The number of aromatic nitrogens is 1. The number of pyridine rings is 1. The summed E-state index contributed by atoms with van der Waals surface area (Å²) in [6.45, 7) is 3.00. The fraction of sp³-hybridized carbons (Fsp3) is 0.238. The zero-order valence-corrected chi connectivity index (χ0v) is 15.7. The van der Waals surface area contributed by atoms with Crippen LogP contribution in [0.5, 0.6) is 17.2 Å². The topological polar surface area (TPSA) is 78.8 Å². The Labute approximate surface area is 161 Å². The number of amides is 1. The Morgan fingerprint density at radius 2 is 1.89 bits per heavy atom. The van der Waals surface area contributed by atoms with Crippen molar-refractivity contribution in [2.24, 2.45) is 0 Å². The lowest BCUT2D eigenvalue weighted by Gasteiger charge is -2.12. The number of hydrogen-bond acceptors (Lipinski definition) is 5. The Hall–Kier alpha value is -3.48. The zero-order valence-electron chi connectivity index (χ0n) is 15.7. The van der Waals surface area contributed by atoms with Crippen LogP contribution in [0, 0.1) is 0 Å². The van der Waals surface area contributed by atoms with E-state index in [2.05, 4.69) is 5.32 Å². The van der Waals surface area contributed by atoms with Gasteiger partial charge in [0.1, 0.15) is 11.3 Å². The number of ether oxygens (including phenoxy) is 3. The third kappa shape index (κ3) is 3.15. The average Bonchev–Trinajstić information content (AvgIpc) is 3.19. The molecule has 1 aliphatic heterocycles. The first-order valence-electron chi connectivity index (χ1n) is 8.98. The highest BCUT2D eigenvalue weighted by molar-refractivity contribution is 5.97. The van der Waals surface area contributed by atoms with Crippen molar-refractivity contribution in [2.45, 2.75) is 20.0 Å². The third-order valence-electron chi connectivity index (χ3n) is 4.77. The van der Waals surface area contributed by atoms with Crippen LogP contribution >= 0.6 is 0 Å². The van der Waals surface area contributed by atoms with Gasteiger partial charge in [0.05, 0.1) is 18.0 Å². The normalized spacial score (nSPS) is 12.2. The summed E-state index contributed by atoms with van der Waals surface area (Å²) in [5.41, 5.74) is 1.39. The smallest absolute Gasteiger partial charge is 0.257 e. The van der Waals surface area contributed by atoms with Gasteiger partial charge in [-0.2, -0.15) is 0 Å². The highest BCUT2D eigenvalue weighted by Crippen LogP contribution is 2.35. The maximum Gasteiger partial charge on any atom is 0.257 e. The molecule has 0 saturated heterocycles. The Morgan fingerprint density at radius 3 is 2.57 bits per heavy atom. The molecule has 0 unspecified atom stereocenters. The summed E-state index contributed by atoms with van der Waals surface area (Å²) in [4.78, 5) is 25.6. The van der Waals surface area contributed by atoms with Gasteiger partial charge in [-0.25, -0.2) is 0 Å². The second kappa shape index (κ2) is 7.26. The molecule has 1 aliphatic rings. The van der Waals surface area contributed by atoms with Gasteiger partial charge < -0.3 is 24.1 Å². The molecule has 0 aliphatic carbocycles. The van der Waals surface area contributed by atoms with Crippen molar-refractivity contribution in [1.29, 1.82) is 0 Å². The third-order valence-corrected chi connectivity index (χ3v) is 4.77. The van der Waals surface area contributed by atoms with Gasteiger partial charge in [0.15, 0.2) is 11.5 Å². The van der Waals surface area contributed by atoms with Crippen molar-refractivity contribution >= 4 is 16.8 Å². The van der Waals surface area contributed by atoms with Crippen LogP contribution in [0.3, 0.4) is 0 Å². The predicted molar refractivity (Wildman–Crippen MR) is 104 cm³/mol. The molecule has 1 N–H and O–H groups in total. The quantitative estimate of drug-likeness (QED) is 0.736. The van der Waals surface area contributed by atoms with Crippen molar-refractivity contribution in [1.82, 2.24) is 9.88 Å². The Morgan fingerprint density at radius 1 is 1.18 bits per heavy atom. The van der Waals surface area contributed by atoms with E-state index in [1.54, 1.807) is 25.4 Å². The molecule has 0 radical (unpaired) electrons. The highest BCUT2D eigenvalue weighted by Gasteiger charge is 2.20. The maximum absolute atomic E-state index is 12.9. The molecule has 28 heavy (non-hydrogen) atoms. The molecular formula is C21H20N2O5. The summed E-state index contributed by atoms with van der Waals surface area (Å²) in [5, 5.41) is 3.25. The Kier molecular flexibility index (Phi) is 4.65. The predicted octanol–water partition coefficient (Wildman–Crippen LogP) is 2.69. The Balaban J connectivity index is 1.65. The monoisotopic (exact) mass is 380 g/mol. The van der Waals surface area contributed by atoms with E-state index in [4.69, 9.17) is 14.2 Å². The molecule has 144 valence electrons. The number of fused-ring (bicyclic) bond motifs is 2. The summed E-state index contributed by atoms with van der Waals surface area (Å²) in [7, 11) is 1.60. The van der Waals surface area contributed by atoms with Gasteiger partial charge in [-0.1, -0.05) is 12.1 Å². The standard InChI is InChI=1S/C21H20N2O5/c1-3-23-11-16(21(25)22-10-13-4-6-14(26-2)7-5-13)20(24)15-8-18-19(9-17(15)23)28-12-27-18/h4-9,11H,3,10,12H2,1-2H3,(H,22,25). The van der Waals surface area contributed by atoms with Crippen LogP contribution in [0.1, 0.15) is 22.8 Å². The summed E-state index contributed by atoms with van der Waals surface area (Å²) >= 11 is 0. The lowest BCUT2D eigenvalue weighted by molar-refractivity contribution is 0.0949. The number of aryl methyl sites for hydroxylation is 1. The van der Waals surface area contributed by atoms with Gasteiger partial charge in [0.2, 0.25) is 12.2 Å². The van der Waals surface area contributed by atoms with Gasteiger partial charge in [-0.05, 0) is 30.7 Å². The van der Waals surface area contributed by atoms with Crippen LogP contribution < -0.4 is 25.0 Å². The van der Waals surface area contributed by atoms with Gasteiger partial charge in [0, 0.05) is 25.4 Å². The summed E-state index contributed by atoms with van der Waals surface area (Å²) in [6, 6.07) is 10.8. The number of nitrogens with zero attached hydrogens (tertiary/aromatic N) is 1. The van der Waals surface area contributed by atoms with Crippen LogP contribution in [0.2, 0.25) is 0 Å². The number of methoxy groups -OCH3 is 1. The number of carbonyl (C=O) groups excluding carboxylic acids is 1. The van der Waals surface area contributed by atoms with E-state index in [1.807, 2.05) is 35.8 Å². The molecule has 0 spiro atoms. The molecular weight excluding hydrogens is 360 g/mol. The molecule has 0 fully saturated rings. The number of rotatable bonds is 5. The first-order valence-corrected chi connectivity index (χ1v) is 8.98. The van der Waals surface area contributed by atoms with Crippen molar-refractivity contribution in [2.75, 3.05) is 13.9 Å². The van der Waals surface area contributed by atoms with Crippen LogP contribution in [-0.2, 0) is 13.1 Å². The first kappa shape index (κ1) is 17.9. The van der Waals surface area contributed by atoms with Gasteiger partial charge in [0.25, 0.3) is 5.91 Å². The molecule has 2 heterocycles. The number of hydrogen-bond donors (Lipinski definition) is 1. The molecule has 4 rings (SSSR count). The minimum Gasteiger partial charge on any atom is -0.497 e. The molecule has 7 heteroatoms. The largest absolute Gasteiger partial charge is 0.497 e. The van der Waals surface area contributed by atoms with Crippen molar-refractivity contribution in [3.05, 3.63) is 63.9 Å². The summed E-state index contributed by atoms with van der Waals surface area (Å²) in [6.07, 6.45) is 1.59. The molecule has 1 amide bonds. The number of carbonyl (C=O) groups is 1. The van der Waals surface area contributed by atoms with E-state index < -0.39 is 5.91 Å². The molecule has 0 atom stereocenters. The van der Waals surface area contributed by atoms with E-state index in [1.165, 1.54) is 0 Å².